The van der Waals surface area contributed by atoms with E-state index in [2.05, 4.69) is 17.4 Å². The molecule has 138 valence electrons. The molecule has 0 saturated carbocycles. The normalized spacial score (nSPS) is 10.4. The summed E-state index contributed by atoms with van der Waals surface area (Å²) >= 11 is 12.1. The summed E-state index contributed by atoms with van der Waals surface area (Å²) in [5.41, 5.74) is 1.81. The summed E-state index contributed by atoms with van der Waals surface area (Å²) in [7, 11) is 0. The molecular formula is C20H22Cl2N2O2. The van der Waals surface area contributed by atoms with Gasteiger partial charge in [-0.15, -0.1) is 0 Å². The molecule has 0 spiro atoms. The molecule has 0 unspecified atom stereocenters. The second kappa shape index (κ2) is 10.2. The Hall–Kier alpha value is -2.04. The maximum atomic E-state index is 12.0. The maximum absolute atomic E-state index is 12.0. The van der Waals surface area contributed by atoms with Gasteiger partial charge in [0.15, 0.2) is 0 Å². The van der Waals surface area contributed by atoms with Gasteiger partial charge in [0.1, 0.15) is 0 Å². The third-order valence-electron chi connectivity index (χ3n) is 3.95. The molecule has 1 N–H and O–H groups in total. The van der Waals surface area contributed by atoms with Crippen molar-refractivity contribution >= 4 is 40.7 Å². The molecule has 2 aromatic carbocycles. The van der Waals surface area contributed by atoms with Crippen molar-refractivity contribution in [1.82, 2.24) is 5.32 Å². The topological polar surface area (TPSA) is 49.4 Å². The van der Waals surface area contributed by atoms with Crippen LogP contribution in [-0.2, 0) is 16.0 Å². The second-order valence-electron chi connectivity index (χ2n) is 5.96. The summed E-state index contributed by atoms with van der Waals surface area (Å²) in [5.74, 6) is -0.263. The Bertz CT molecular complexity index is 751. The van der Waals surface area contributed by atoms with Crippen LogP contribution in [0.2, 0.25) is 10.0 Å². The van der Waals surface area contributed by atoms with Crippen LogP contribution in [0, 0.1) is 0 Å². The number of nitrogens with zero attached hydrogens (tertiary/aromatic N) is 1. The number of carbonyl (C=O) groups excluding carboxylic acids is 2. The quantitative estimate of drug-likeness (QED) is 0.672. The van der Waals surface area contributed by atoms with Gasteiger partial charge in [0.05, 0.1) is 10.7 Å². The minimum Gasteiger partial charge on any atom is -0.356 e. The fraction of sp³-hybridized carbons (Fsp3) is 0.300. The third kappa shape index (κ3) is 6.36. The van der Waals surface area contributed by atoms with Crippen LogP contribution in [-0.4, -0.2) is 24.9 Å². The van der Waals surface area contributed by atoms with E-state index in [1.165, 1.54) is 17.4 Å². The van der Waals surface area contributed by atoms with Crippen molar-refractivity contribution in [2.75, 3.05) is 18.0 Å². The molecule has 0 atom stereocenters. The zero-order valence-electron chi connectivity index (χ0n) is 14.7. The average Bonchev–Trinajstić information content (AvgIpc) is 2.61. The van der Waals surface area contributed by atoms with Gasteiger partial charge in [-0.05, 0) is 36.6 Å². The molecule has 0 bridgehead atoms. The van der Waals surface area contributed by atoms with E-state index >= 15 is 0 Å². The Morgan fingerprint density at radius 1 is 1.08 bits per heavy atom. The Morgan fingerprint density at radius 2 is 1.81 bits per heavy atom. The highest BCUT2D eigenvalue weighted by molar-refractivity contribution is 6.36. The van der Waals surface area contributed by atoms with E-state index in [0.717, 1.165) is 12.8 Å². The molecule has 2 amide bonds. The second-order valence-corrected chi connectivity index (χ2v) is 6.80. The predicted octanol–water partition coefficient (Wildman–Crippen LogP) is 4.49. The summed E-state index contributed by atoms with van der Waals surface area (Å²) < 4.78 is 0. The number of anilines is 1. The molecule has 0 radical (unpaired) electrons. The molecular weight excluding hydrogens is 371 g/mol. The summed E-state index contributed by atoms with van der Waals surface area (Å²) in [6, 6.07) is 15.1. The van der Waals surface area contributed by atoms with E-state index in [1.807, 2.05) is 18.2 Å². The zero-order valence-corrected chi connectivity index (χ0v) is 16.2. The van der Waals surface area contributed by atoms with E-state index in [0.29, 0.717) is 22.3 Å². The first-order valence-electron chi connectivity index (χ1n) is 8.51. The fourth-order valence-corrected chi connectivity index (χ4v) is 3.12. The lowest BCUT2D eigenvalue weighted by Crippen LogP contribution is -2.34. The molecule has 4 nitrogen and oxygen atoms in total. The first kappa shape index (κ1) is 20.3. The van der Waals surface area contributed by atoms with Crippen LogP contribution in [0.15, 0.2) is 48.5 Å². The standard InChI is InChI=1S/C20H22Cl2N2O2/c1-15(25)24(19-10-9-17(21)14-18(19)22)13-11-20(26)23-12-5-8-16-6-3-2-4-7-16/h2-4,6-7,9-10,14H,5,8,11-13H2,1H3,(H,23,26). The lowest BCUT2D eigenvalue weighted by Gasteiger charge is -2.22. The number of rotatable bonds is 8. The van der Waals surface area contributed by atoms with Crippen molar-refractivity contribution in [3.63, 3.8) is 0 Å². The number of hydrogen-bond acceptors (Lipinski definition) is 2. The minimum atomic E-state index is -0.175. The van der Waals surface area contributed by atoms with Crippen LogP contribution in [0.25, 0.3) is 0 Å². The van der Waals surface area contributed by atoms with Crippen LogP contribution in [0.1, 0.15) is 25.3 Å². The first-order chi connectivity index (χ1) is 12.5. The summed E-state index contributed by atoms with van der Waals surface area (Å²) in [5, 5.41) is 3.78. The highest BCUT2D eigenvalue weighted by Gasteiger charge is 2.16. The Labute approximate surface area is 164 Å². The molecule has 0 aromatic heterocycles. The van der Waals surface area contributed by atoms with E-state index in [4.69, 9.17) is 23.2 Å². The number of amides is 2. The van der Waals surface area contributed by atoms with E-state index < -0.39 is 0 Å². The summed E-state index contributed by atoms with van der Waals surface area (Å²) in [4.78, 5) is 25.5. The van der Waals surface area contributed by atoms with Gasteiger partial charge in [-0.1, -0.05) is 53.5 Å². The van der Waals surface area contributed by atoms with Crippen LogP contribution >= 0.6 is 23.2 Å². The summed E-state index contributed by atoms with van der Waals surface area (Å²) in [6.07, 6.45) is 2.00. The number of carbonyl (C=O) groups is 2. The number of benzene rings is 2. The lowest BCUT2D eigenvalue weighted by molar-refractivity contribution is -0.121. The third-order valence-corrected chi connectivity index (χ3v) is 4.49. The minimum absolute atomic E-state index is 0.0885. The van der Waals surface area contributed by atoms with E-state index in [9.17, 15) is 9.59 Å². The van der Waals surface area contributed by atoms with Crippen molar-refractivity contribution < 1.29 is 9.59 Å². The predicted molar refractivity (Wildman–Crippen MR) is 107 cm³/mol. The van der Waals surface area contributed by atoms with Gasteiger partial charge in [-0.2, -0.15) is 0 Å². The van der Waals surface area contributed by atoms with Crippen molar-refractivity contribution in [3.05, 3.63) is 64.1 Å². The first-order valence-corrected chi connectivity index (χ1v) is 9.26. The van der Waals surface area contributed by atoms with E-state index in [1.54, 1.807) is 18.2 Å². The SMILES string of the molecule is CC(=O)N(CCC(=O)NCCCc1ccccc1)c1ccc(Cl)cc1Cl. The van der Waals surface area contributed by atoms with Crippen LogP contribution < -0.4 is 10.2 Å². The number of aryl methyl sites for hydroxylation is 1. The van der Waals surface area contributed by atoms with Crippen molar-refractivity contribution in [1.29, 1.82) is 0 Å². The van der Waals surface area contributed by atoms with Gasteiger partial charge >= 0.3 is 0 Å². The van der Waals surface area contributed by atoms with Crippen molar-refractivity contribution in [3.8, 4) is 0 Å². The molecule has 0 aliphatic carbocycles. The average molecular weight is 393 g/mol. The number of nitrogens with one attached hydrogen (secondary N) is 1. The highest BCUT2D eigenvalue weighted by Crippen LogP contribution is 2.29. The van der Waals surface area contributed by atoms with Crippen LogP contribution in [0.3, 0.4) is 0 Å². The molecule has 0 aliphatic rings. The molecule has 0 fully saturated rings. The molecule has 2 rings (SSSR count). The Kier molecular flexibility index (Phi) is 7.95. The van der Waals surface area contributed by atoms with Gasteiger partial charge < -0.3 is 10.2 Å². The highest BCUT2D eigenvalue weighted by atomic mass is 35.5. The Morgan fingerprint density at radius 3 is 2.46 bits per heavy atom. The van der Waals surface area contributed by atoms with E-state index in [-0.39, 0.29) is 24.8 Å². The molecule has 6 heteroatoms. The molecule has 0 aliphatic heterocycles. The lowest BCUT2D eigenvalue weighted by atomic mass is 10.1. The van der Waals surface area contributed by atoms with Gasteiger partial charge in [0, 0.05) is 31.5 Å². The molecule has 0 saturated heterocycles. The largest absolute Gasteiger partial charge is 0.356 e. The molecule has 26 heavy (non-hydrogen) atoms. The fourth-order valence-electron chi connectivity index (χ4n) is 2.61. The summed E-state index contributed by atoms with van der Waals surface area (Å²) in [6.45, 7) is 2.32. The maximum Gasteiger partial charge on any atom is 0.223 e. The van der Waals surface area contributed by atoms with Gasteiger partial charge in [-0.3, -0.25) is 9.59 Å². The van der Waals surface area contributed by atoms with Crippen molar-refractivity contribution in [2.24, 2.45) is 0 Å². The monoisotopic (exact) mass is 392 g/mol. The number of hydrogen-bond donors (Lipinski definition) is 1. The smallest absolute Gasteiger partial charge is 0.223 e. The van der Waals surface area contributed by atoms with Crippen LogP contribution in [0.5, 0.6) is 0 Å². The van der Waals surface area contributed by atoms with Gasteiger partial charge in [0.2, 0.25) is 11.8 Å². The molecule has 2 aromatic rings. The number of halogens is 2. The Balaban J connectivity index is 1.79. The van der Waals surface area contributed by atoms with Crippen LogP contribution in [0.4, 0.5) is 5.69 Å². The van der Waals surface area contributed by atoms with Crippen molar-refractivity contribution in [2.45, 2.75) is 26.2 Å². The zero-order chi connectivity index (χ0) is 18.9. The molecule has 0 heterocycles. The van der Waals surface area contributed by atoms with Gasteiger partial charge in [0.25, 0.3) is 0 Å². The van der Waals surface area contributed by atoms with Gasteiger partial charge in [-0.25, -0.2) is 0 Å².